The number of carbonyl (C=O) groups excluding carboxylic acids is 3. The Bertz CT molecular complexity index is 1180. The third kappa shape index (κ3) is 3.30. The Morgan fingerprint density at radius 2 is 1.58 bits per heavy atom. The third-order valence-corrected chi connectivity index (χ3v) is 6.46. The average molecular weight is 413 g/mol. The monoisotopic (exact) mass is 413 g/mol. The van der Waals surface area contributed by atoms with Crippen LogP contribution in [0.1, 0.15) is 55.2 Å². The Hall–Kier alpha value is -3.47. The molecule has 2 aliphatic rings. The summed E-state index contributed by atoms with van der Waals surface area (Å²) in [6.07, 6.45) is 2.88. The van der Waals surface area contributed by atoms with Crippen molar-refractivity contribution in [1.82, 2.24) is 4.90 Å². The first-order valence-corrected chi connectivity index (χ1v) is 10.7. The van der Waals surface area contributed by atoms with Crippen LogP contribution >= 0.6 is 0 Å². The van der Waals surface area contributed by atoms with E-state index < -0.39 is 11.6 Å². The lowest BCUT2D eigenvalue weighted by Gasteiger charge is -2.31. The van der Waals surface area contributed by atoms with Crippen molar-refractivity contribution in [1.29, 1.82) is 0 Å². The molecular formula is C26H23NO4. The van der Waals surface area contributed by atoms with Crippen LogP contribution in [0.15, 0.2) is 59.0 Å². The molecule has 0 atom stereocenters. The maximum Gasteiger partial charge on any atom is 0.289 e. The molecule has 1 saturated heterocycles. The fourth-order valence-corrected chi connectivity index (χ4v) is 4.73. The lowest BCUT2D eigenvalue weighted by atomic mass is 9.87. The number of likely N-dealkylation sites (tertiary alicyclic amines) is 1. The number of Topliss-reactive ketones (excluding diaryl/α,β-unsaturated/α-hetero) is 2. The molecule has 1 amide bonds. The highest BCUT2D eigenvalue weighted by Gasteiger charge is 2.38. The number of amides is 1. The normalized spacial score (nSPS) is 16.2. The van der Waals surface area contributed by atoms with Crippen molar-refractivity contribution >= 4 is 17.5 Å². The van der Waals surface area contributed by atoms with Crippen LogP contribution in [-0.4, -0.2) is 35.5 Å². The van der Waals surface area contributed by atoms with Gasteiger partial charge < -0.3 is 9.32 Å². The van der Waals surface area contributed by atoms with Gasteiger partial charge in [0.15, 0.2) is 5.76 Å². The van der Waals surface area contributed by atoms with E-state index in [1.165, 1.54) is 5.56 Å². The molecular weight excluding hydrogens is 390 g/mol. The number of rotatable bonds is 3. The zero-order valence-electron chi connectivity index (χ0n) is 17.4. The standard InChI is InChI=1S/C26H23NO4/c1-16-21-23(29)22(28)19-9-5-6-10-20(19)25(21)31-24(16)26(30)27-13-11-18(12-14-27)15-17-7-3-2-4-8-17/h2-10,18H,11-15H2,1H3. The third-order valence-electron chi connectivity index (χ3n) is 6.46. The van der Waals surface area contributed by atoms with Gasteiger partial charge in [0.2, 0.25) is 11.6 Å². The number of furan rings is 1. The molecule has 0 spiro atoms. The number of hydrogen-bond acceptors (Lipinski definition) is 4. The topological polar surface area (TPSA) is 67.6 Å². The zero-order chi connectivity index (χ0) is 21.5. The van der Waals surface area contributed by atoms with E-state index in [1.807, 2.05) is 6.07 Å². The van der Waals surface area contributed by atoms with Crippen molar-refractivity contribution in [2.75, 3.05) is 13.1 Å². The van der Waals surface area contributed by atoms with Crippen LogP contribution < -0.4 is 0 Å². The van der Waals surface area contributed by atoms with Crippen LogP contribution in [0.3, 0.4) is 0 Å². The number of fused-ring (bicyclic) bond motifs is 3. The Labute approximate surface area is 180 Å². The van der Waals surface area contributed by atoms with Gasteiger partial charge in [-0.1, -0.05) is 54.6 Å². The first-order valence-electron chi connectivity index (χ1n) is 10.7. The van der Waals surface area contributed by atoms with E-state index in [1.54, 1.807) is 36.1 Å². The lowest BCUT2D eigenvalue weighted by molar-refractivity contribution is 0.0658. The number of benzene rings is 2. The van der Waals surface area contributed by atoms with E-state index in [4.69, 9.17) is 4.42 Å². The minimum atomic E-state index is -0.601. The summed E-state index contributed by atoms with van der Waals surface area (Å²) in [4.78, 5) is 40.2. The summed E-state index contributed by atoms with van der Waals surface area (Å²) in [7, 11) is 0. The molecule has 31 heavy (non-hydrogen) atoms. The summed E-state index contributed by atoms with van der Waals surface area (Å²) >= 11 is 0. The molecule has 0 N–H and O–H groups in total. The Balaban J connectivity index is 1.37. The molecule has 5 rings (SSSR count). The van der Waals surface area contributed by atoms with Crippen molar-refractivity contribution in [3.05, 3.63) is 82.6 Å². The molecule has 1 fully saturated rings. The minimum Gasteiger partial charge on any atom is -0.450 e. The number of nitrogens with zero attached hydrogens (tertiary/aromatic N) is 1. The Kier molecular flexibility index (Phi) is 4.81. The highest BCUT2D eigenvalue weighted by Crippen LogP contribution is 2.39. The summed E-state index contributed by atoms with van der Waals surface area (Å²) in [5.74, 6) is -0.307. The minimum absolute atomic E-state index is 0.171. The lowest BCUT2D eigenvalue weighted by Crippen LogP contribution is -2.39. The van der Waals surface area contributed by atoms with E-state index in [0.29, 0.717) is 41.5 Å². The zero-order valence-corrected chi connectivity index (χ0v) is 17.4. The fraction of sp³-hybridized carbons (Fsp3) is 0.269. The quantitative estimate of drug-likeness (QED) is 0.582. The van der Waals surface area contributed by atoms with Gasteiger partial charge in [-0.05, 0) is 37.7 Å². The van der Waals surface area contributed by atoms with Crippen LogP contribution in [0.4, 0.5) is 0 Å². The highest BCUT2D eigenvalue weighted by molar-refractivity contribution is 6.53. The van der Waals surface area contributed by atoms with E-state index >= 15 is 0 Å². The summed E-state index contributed by atoms with van der Waals surface area (Å²) in [5.41, 5.74) is 2.91. The van der Waals surface area contributed by atoms with E-state index in [9.17, 15) is 14.4 Å². The molecule has 1 aromatic heterocycles. The van der Waals surface area contributed by atoms with Gasteiger partial charge in [0.05, 0.1) is 5.56 Å². The van der Waals surface area contributed by atoms with E-state index in [0.717, 1.165) is 19.3 Å². The molecule has 0 bridgehead atoms. The molecule has 1 aliphatic heterocycles. The van der Waals surface area contributed by atoms with Gasteiger partial charge in [0, 0.05) is 29.8 Å². The van der Waals surface area contributed by atoms with Crippen molar-refractivity contribution < 1.29 is 18.8 Å². The van der Waals surface area contributed by atoms with E-state index in [-0.39, 0.29) is 17.2 Å². The van der Waals surface area contributed by atoms with Gasteiger partial charge in [0.25, 0.3) is 5.91 Å². The number of carbonyl (C=O) groups is 3. The maximum atomic E-state index is 13.2. The fourth-order valence-electron chi connectivity index (χ4n) is 4.73. The molecule has 0 saturated carbocycles. The van der Waals surface area contributed by atoms with Crippen LogP contribution in [0.25, 0.3) is 11.3 Å². The molecule has 2 aromatic carbocycles. The molecule has 5 heteroatoms. The molecule has 156 valence electrons. The Morgan fingerprint density at radius 3 is 2.29 bits per heavy atom. The van der Waals surface area contributed by atoms with Crippen LogP contribution in [0.5, 0.6) is 0 Å². The van der Waals surface area contributed by atoms with Gasteiger partial charge in [-0.15, -0.1) is 0 Å². The van der Waals surface area contributed by atoms with Crippen molar-refractivity contribution in [2.24, 2.45) is 5.92 Å². The van der Waals surface area contributed by atoms with Crippen LogP contribution in [-0.2, 0) is 6.42 Å². The average Bonchev–Trinajstić information content (AvgIpc) is 3.15. The molecule has 0 unspecified atom stereocenters. The summed E-state index contributed by atoms with van der Waals surface area (Å²) in [5, 5.41) is 0. The summed E-state index contributed by atoms with van der Waals surface area (Å²) < 4.78 is 5.96. The van der Waals surface area contributed by atoms with Crippen molar-refractivity contribution in [3.63, 3.8) is 0 Å². The second-order valence-corrected chi connectivity index (χ2v) is 8.39. The molecule has 5 nitrogen and oxygen atoms in total. The predicted octanol–water partition coefficient (Wildman–Crippen LogP) is 4.73. The highest BCUT2D eigenvalue weighted by atomic mass is 16.4. The summed E-state index contributed by atoms with van der Waals surface area (Å²) in [6, 6.07) is 17.3. The first kappa shape index (κ1) is 19.5. The Morgan fingerprint density at radius 1 is 0.935 bits per heavy atom. The van der Waals surface area contributed by atoms with Crippen molar-refractivity contribution in [2.45, 2.75) is 26.2 Å². The second kappa shape index (κ2) is 7.65. The first-order chi connectivity index (χ1) is 15.0. The predicted molar refractivity (Wildman–Crippen MR) is 116 cm³/mol. The smallest absolute Gasteiger partial charge is 0.289 e. The number of hydrogen-bond donors (Lipinski definition) is 0. The maximum absolute atomic E-state index is 13.2. The van der Waals surface area contributed by atoms with E-state index in [2.05, 4.69) is 24.3 Å². The molecule has 2 heterocycles. The molecule has 0 radical (unpaired) electrons. The number of piperidine rings is 1. The van der Waals surface area contributed by atoms with Gasteiger partial charge in [-0.3, -0.25) is 14.4 Å². The van der Waals surface area contributed by atoms with Gasteiger partial charge in [-0.25, -0.2) is 0 Å². The van der Waals surface area contributed by atoms with Gasteiger partial charge >= 0.3 is 0 Å². The molecule has 3 aromatic rings. The SMILES string of the molecule is Cc1c(C(=O)N2CCC(Cc3ccccc3)CC2)oc2c1C(=O)C(=O)c1ccccc1-2. The second-order valence-electron chi connectivity index (χ2n) is 8.39. The van der Waals surface area contributed by atoms with Crippen molar-refractivity contribution in [3.8, 4) is 11.3 Å². The van der Waals surface area contributed by atoms with Gasteiger partial charge in [0.1, 0.15) is 5.76 Å². The van der Waals surface area contributed by atoms with Crippen LogP contribution in [0.2, 0.25) is 0 Å². The van der Waals surface area contributed by atoms with Crippen LogP contribution in [0, 0.1) is 12.8 Å². The molecule has 1 aliphatic carbocycles. The largest absolute Gasteiger partial charge is 0.450 e. The van der Waals surface area contributed by atoms with Gasteiger partial charge in [-0.2, -0.15) is 0 Å². The number of ketones is 2. The summed E-state index contributed by atoms with van der Waals surface area (Å²) in [6.45, 7) is 3.01.